The number of nitrogens with two attached hydrogens (primary N) is 1. The summed E-state index contributed by atoms with van der Waals surface area (Å²) in [5, 5.41) is 0. The van der Waals surface area contributed by atoms with Crippen molar-refractivity contribution in [3.05, 3.63) is 59.2 Å². The van der Waals surface area contributed by atoms with E-state index in [-0.39, 0.29) is 6.54 Å². The maximum Gasteiger partial charge on any atom is 0.319 e. The number of esters is 1. The molecule has 0 saturated carbocycles. The standard InChI is InChI=1S/C21H25F2NO4/c1-4-26-18-10-14(22)6-8-16(18)21(13(3)28-20(25)12-24)17-9-7-15(23)11-19(17)27-5-2/h6-11,13,21H,4-5,12,24H2,1-3H3. The minimum Gasteiger partial charge on any atom is -0.493 e. The van der Waals surface area contributed by atoms with Crippen LogP contribution in [0.25, 0.3) is 0 Å². The highest BCUT2D eigenvalue weighted by atomic mass is 19.1. The van der Waals surface area contributed by atoms with E-state index < -0.39 is 29.6 Å². The molecule has 152 valence electrons. The Balaban J connectivity index is 2.63. The highest BCUT2D eigenvalue weighted by molar-refractivity contribution is 5.71. The summed E-state index contributed by atoms with van der Waals surface area (Å²) >= 11 is 0. The van der Waals surface area contributed by atoms with Crippen LogP contribution in [0.15, 0.2) is 36.4 Å². The van der Waals surface area contributed by atoms with Crippen LogP contribution in [0.2, 0.25) is 0 Å². The van der Waals surface area contributed by atoms with Crippen molar-refractivity contribution < 1.29 is 27.8 Å². The first-order valence-electron chi connectivity index (χ1n) is 9.15. The van der Waals surface area contributed by atoms with Gasteiger partial charge in [-0.15, -0.1) is 0 Å². The Kier molecular flexibility index (Phi) is 7.75. The van der Waals surface area contributed by atoms with Crippen molar-refractivity contribution in [3.8, 4) is 11.5 Å². The largest absolute Gasteiger partial charge is 0.493 e. The van der Waals surface area contributed by atoms with E-state index in [2.05, 4.69) is 0 Å². The molecule has 0 fully saturated rings. The van der Waals surface area contributed by atoms with Gasteiger partial charge in [0.05, 0.1) is 25.7 Å². The van der Waals surface area contributed by atoms with Gasteiger partial charge in [0.2, 0.25) is 0 Å². The van der Waals surface area contributed by atoms with Gasteiger partial charge >= 0.3 is 5.97 Å². The molecule has 0 aliphatic heterocycles. The molecule has 1 atom stereocenters. The molecule has 7 heteroatoms. The van der Waals surface area contributed by atoms with Gasteiger partial charge in [0.15, 0.2) is 0 Å². The molecule has 0 heterocycles. The molecule has 28 heavy (non-hydrogen) atoms. The monoisotopic (exact) mass is 393 g/mol. The molecule has 0 saturated heterocycles. The van der Waals surface area contributed by atoms with Crippen LogP contribution in [0.4, 0.5) is 8.78 Å². The van der Waals surface area contributed by atoms with Crippen LogP contribution in [-0.2, 0) is 9.53 Å². The van der Waals surface area contributed by atoms with Crippen LogP contribution < -0.4 is 15.2 Å². The Bertz CT molecular complexity index is 757. The SMILES string of the molecule is CCOc1cc(F)ccc1C(c1ccc(F)cc1OCC)C(C)OC(=O)CN. The van der Waals surface area contributed by atoms with Crippen molar-refractivity contribution in [2.45, 2.75) is 32.8 Å². The summed E-state index contributed by atoms with van der Waals surface area (Å²) in [4.78, 5) is 11.8. The van der Waals surface area contributed by atoms with Gasteiger partial charge in [-0.3, -0.25) is 4.79 Å². The first-order valence-corrected chi connectivity index (χ1v) is 9.15. The fourth-order valence-electron chi connectivity index (χ4n) is 3.09. The first-order chi connectivity index (χ1) is 13.4. The molecule has 0 aromatic heterocycles. The lowest BCUT2D eigenvalue weighted by Gasteiger charge is -2.28. The maximum absolute atomic E-state index is 13.8. The van der Waals surface area contributed by atoms with E-state index in [0.717, 1.165) is 0 Å². The van der Waals surface area contributed by atoms with Gasteiger partial charge in [-0.1, -0.05) is 12.1 Å². The number of hydrogen-bond donors (Lipinski definition) is 1. The van der Waals surface area contributed by atoms with Crippen molar-refractivity contribution in [1.29, 1.82) is 0 Å². The normalized spacial score (nSPS) is 12.0. The number of rotatable bonds is 9. The van der Waals surface area contributed by atoms with E-state index in [1.807, 2.05) is 0 Å². The van der Waals surface area contributed by atoms with Crippen molar-refractivity contribution in [2.75, 3.05) is 19.8 Å². The van der Waals surface area contributed by atoms with Crippen LogP contribution in [0.5, 0.6) is 11.5 Å². The van der Waals surface area contributed by atoms with E-state index in [1.165, 1.54) is 24.3 Å². The molecule has 5 nitrogen and oxygen atoms in total. The Hall–Kier alpha value is -2.67. The third-order valence-electron chi connectivity index (χ3n) is 4.17. The number of halogens is 2. The summed E-state index contributed by atoms with van der Waals surface area (Å²) in [6.07, 6.45) is -0.689. The third kappa shape index (κ3) is 5.19. The smallest absolute Gasteiger partial charge is 0.319 e. The van der Waals surface area contributed by atoms with E-state index >= 15 is 0 Å². The fraction of sp³-hybridized carbons (Fsp3) is 0.381. The highest BCUT2D eigenvalue weighted by Gasteiger charge is 2.30. The molecular formula is C21H25F2NO4. The van der Waals surface area contributed by atoms with Crippen LogP contribution >= 0.6 is 0 Å². The number of carbonyl (C=O) groups excluding carboxylic acids is 1. The third-order valence-corrected chi connectivity index (χ3v) is 4.17. The second-order valence-electron chi connectivity index (χ2n) is 6.11. The fourth-order valence-corrected chi connectivity index (χ4v) is 3.09. The van der Waals surface area contributed by atoms with Gasteiger partial charge in [-0.05, 0) is 32.9 Å². The van der Waals surface area contributed by atoms with E-state index in [0.29, 0.717) is 35.8 Å². The van der Waals surface area contributed by atoms with Gasteiger partial charge in [-0.25, -0.2) is 8.78 Å². The van der Waals surface area contributed by atoms with Crippen molar-refractivity contribution >= 4 is 5.97 Å². The molecule has 0 spiro atoms. The molecule has 0 bridgehead atoms. The summed E-state index contributed by atoms with van der Waals surface area (Å²) in [6, 6.07) is 8.27. The van der Waals surface area contributed by atoms with Crippen molar-refractivity contribution in [3.63, 3.8) is 0 Å². The molecule has 0 radical (unpaired) electrons. The molecule has 2 aromatic carbocycles. The quantitative estimate of drug-likeness (QED) is 0.657. The molecule has 0 aliphatic rings. The summed E-state index contributed by atoms with van der Waals surface area (Å²) in [6.45, 7) is 5.62. The second-order valence-corrected chi connectivity index (χ2v) is 6.11. The minimum atomic E-state index is -0.689. The number of hydrogen-bond acceptors (Lipinski definition) is 5. The minimum absolute atomic E-state index is 0.277. The molecule has 0 amide bonds. The Morgan fingerprint density at radius 3 is 1.82 bits per heavy atom. The molecular weight excluding hydrogens is 368 g/mol. The predicted octanol–water partition coefficient (Wildman–Crippen LogP) is 3.78. The van der Waals surface area contributed by atoms with Crippen molar-refractivity contribution in [1.82, 2.24) is 0 Å². The zero-order valence-electron chi connectivity index (χ0n) is 16.2. The van der Waals surface area contributed by atoms with E-state index in [4.69, 9.17) is 19.9 Å². The summed E-state index contributed by atoms with van der Waals surface area (Å²) < 4.78 is 44.2. The van der Waals surface area contributed by atoms with Gasteiger partial charge in [-0.2, -0.15) is 0 Å². The van der Waals surface area contributed by atoms with E-state index in [1.54, 1.807) is 32.9 Å². The maximum atomic E-state index is 13.8. The predicted molar refractivity (Wildman–Crippen MR) is 102 cm³/mol. The number of ether oxygens (including phenoxy) is 3. The zero-order valence-corrected chi connectivity index (χ0v) is 16.2. The Morgan fingerprint density at radius 2 is 1.43 bits per heavy atom. The topological polar surface area (TPSA) is 70.8 Å². The van der Waals surface area contributed by atoms with Crippen LogP contribution in [0.3, 0.4) is 0 Å². The molecule has 2 rings (SSSR count). The van der Waals surface area contributed by atoms with Gasteiger partial charge in [0, 0.05) is 23.3 Å². The van der Waals surface area contributed by atoms with Crippen LogP contribution in [-0.4, -0.2) is 31.8 Å². The summed E-state index contributed by atoms with van der Waals surface area (Å²) in [5.74, 6) is -1.45. The van der Waals surface area contributed by atoms with Gasteiger partial charge in [0.25, 0.3) is 0 Å². The lowest BCUT2D eigenvalue weighted by Crippen LogP contribution is -2.28. The average molecular weight is 393 g/mol. The summed E-state index contributed by atoms with van der Waals surface area (Å²) in [5.41, 5.74) is 6.55. The number of benzene rings is 2. The molecule has 1 unspecified atom stereocenters. The summed E-state index contributed by atoms with van der Waals surface area (Å²) in [7, 11) is 0. The zero-order chi connectivity index (χ0) is 20.7. The van der Waals surface area contributed by atoms with Crippen molar-refractivity contribution in [2.24, 2.45) is 5.73 Å². The van der Waals surface area contributed by atoms with Gasteiger partial charge in [0.1, 0.15) is 29.2 Å². The molecule has 2 N–H and O–H groups in total. The Morgan fingerprint density at radius 1 is 0.964 bits per heavy atom. The Labute approximate surface area is 163 Å². The van der Waals surface area contributed by atoms with Crippen LogP contribution in [0.1, 0.15) is 37.8 Å². The molecule has 2 aromatic rings. The average Bonchev–Trinajstić information content (AvgIpc) is 2.65. The highest BCUT2D eigenvalue weighted by Crippen LogP contribution is 2.40. The number of carbonyl (C=O) groups is 1. The second kappa shape index (κ2) is 10.0. The lowest BCUT2D eigenvalue weighted by molar-refractivity contribution is -0.147. The van der Waals surface area contributed by atoms with Crippen LogP contribution in [0, 0.1) is 11.6 Å². The first kappa shape index (κ1) is 21.6. The molecule has 0 aliphatic carbocycles. The lowest BCUT2D eigenvalue weighted by atomic mass is 9.85. The van der Waals surface area contributed by atoms with E-state index in [9.17, 15) is 13.6 Å². The van der Waals surface area contributed by atoms with Gasteiger partial charge < -0.3 is 19.9 Å².